The fourth-order valence-electron chi connectivity index (χ4n) is 1.91. The highest BCUT2D eigenvalue weighted by atomic mass is 16.6. The summed E-state index contributed by atoms with van der Waals surface area (Å²) in [6.07, 6.45) is 0.0153. The predicted molar refractivity (Wildman–Crippen MR) is 94.3 cm³/mol. The molecule has 0 aliphatic carbocycles. The first kappa shape index (κ1) is 23.6. The van der Waals surface area contributed by atoms with Crippen molar-refractivity contribution in [2.24, 2.45) is 28.1 Å². The fourth-order valence-corrected chi connectivity index (χ4v) is 1.91. The van der Waals surface area contributed by atoms with E-state index < -0.39 is 36.1 Å². The Hall–Kier alpha value is -2.40. The Bertz CT molecular complexity index is 507. The lowest BCUT2D eigenvalue weighted by Crippen LogP contribution is -2.44. The van der Waals surface area contributed by atoms with Gasteiger partial charge in [0.25, 0.3) is 5.91 Å². The SMILES string of the molecule is CC(C)C[C@H](NC(=O)C1OC1C(=O)O)C(=O)O.NCCCCN=C(N)N. The number of carboxylic acid groups (broad SMARTS) is 2. The van der Waals surface area contributed by atoms with Gasteiger partial charge in [0.2, 0.25) is 0 Å². The van der Waals surface area contributed by atoms with Gasteiger partial charge in [0.15, 0.2) is 18.2 Å². The third-order valence-corrected chi connectivity index (χ3v) is 3.22. The molecule has 26 heavy (non-hydrogen) atoms. The summed E-state index contributed by atoms with van der Waals surface area (Å²) in [6.45, 7) is 5.06. The van der Waals surface area contributed by atoms with Gasteiger partial charge in [0.05, 0.1) is 0 Å². The molecule has 1 saturated heterocycles. The van der Waals surface area contributed by atoms with Crippen LogP contribution in [0.1, 0.15) is 33.1 Å². The zero-order chi connectivity index (χ0) is 20.3. The third-order valence-electron chi connectivity index (χ3n) is 3.22. The number of rotatable bonds is 10. The number of nitrogens with zero attached hydrogens (tertiary/aromatic N) is 1. The average Bonchev–Trinajstić information content (AvgIpc) is 3.31. The summed E-state index contributed by atoms with van der Waals surface area (Å²) >= 11 is 0. The van der Waals surface area contributed by atoms with Crippen LogP contribution in [0.5, 0.6) is 0 Å². The Labute approximate surface area is 151 Å². The van der Waals surface area contributed by atoms with Gasteiger partial charge in [0, 0.05) is 6.54 Å². The molecule has 0 aromatic rings. The fraction of sp³-hybridized carbons (Fsp3) is 0.733. The van der Waals surface area contributed by atoms with E-state index >= 15 is 0 Å². The molecule has 11 heteroatoms. The van der Waals surface area contributed by atoms with E-state index in [-0.39, 0.29) is 18.3 Å². The van der Waals surface area contributed by atoms with Crippen LogP contribution in [0.15, 0.2) is 4.99 Å². The molecule has 1 heterocycles. The predicted octanol–water partition coefficient (Wildman–Crippen LogP) is -1.55. The van der Waals surface area contributed by atoms with Crippen molar-refractivity contribution < 1.29 is 29.3 Å². The van der Waals surface area contributed by atoms with Gasteiger partial charge in [-0.1, -0.05) is 13.8 Å². The second-order valence-corrected chi connectivity index (χ2v) is 6.15. The molecular weight excluding hydrogens is 346 g/mol. The van der Waals surface area contributed by atoms with E-state index in [4.69, 9.17) is 27.4 Å². The lowest BCUT2D eigenvalue weighted by molar-refractivity contribution is -0.142. The summed E-state index contributed by atoms with van der Waals surface area (Å²) in [5, 5.41) is 19.7. The number of amides is 1. The van der Waals surface area contributed by atoms with Crippen molar-refractivity contribution in [3.8, 4) is 0 Å². The molecule has 0 saturated carbocycles. The third kappa shape index (κ3) is 10.5. The second-order valence-electron chi connectivity index (χ2n) is 6.15. The summed E-state index contributed by atoms with van der Waals surface area (Å²) in [5.74, 6) is -2.79. The molecule has 150 valence electrons. The van der Waals surface area contributed by atoms with E-state index in [0.717, 1.165) is 12.8 Å². The van der Waals surface area contributed by atoms with E-state index in [1.807, 2.05) is 13.8 Å². The molecule has 1 aliphatic rings. The van der Waals surface area contributed by atoms with Crippen LogP contribution in [0, 0.1) is 5.92 Å². The van der Waals surface area contributed by atoms with E-state index in [0.29, 0.717) is 13.1 Å². The monoisotopic (exact) mass is 375 g/mol. The number of nitrogens with one attached hydrogen (secondary N) is 1. The number of ether oxygens (including phenoxy) is 1. The lowest BCUT2D eigenvalue weighted by atomic mass is 10.0. The van der Waals surface area contributed by atoms with Crippen LogP contribution in [-0.2, 0) is 19.1 Å². The largest absolute Gasteiger partial charge is 0.480 e. The Balaban J connectivity index is 0.000000590. The molecule has 11 nitrogen and oxygen atoms in total. The van der Waals surface area contributed by atoms with Crippen LogP contribution in [0.4, 0.5) is 0 Å². The molecule has 9 N–H and O–H groups in total. The molecule has 0 aromatic heterocycles. The molecular formula is C15H29N5O6. The first-order chi connectivity index (χ1) is 12.1. The summed E-state index contributed by atoms with van der Waals surface area (Å²) in [6, 6.07) is -1.01. The first-order valence-electron chi connectivity index (χ1n) is 8.27. The number of guanidine groups is 1. The van der Waals surface area contributed by atoms with Crippen LogP contribution >= 0.6 is 0 Å². The number of epoxide rings is 1. The molecule has 3 atom stereocenters. The Morgan fingerprint density at radius 1 is 1.15 bits per heavy atom. The maximum Gasteiger partial charge on any atom is 0.336 e. The first-order valence-corrected chi connectivity index (χ1v) is 8.27. The number of hydrogen-bond donors (Lipinski definition) is 6. The number of aliphatic carboxylic acids is 2. The zero-order valence-electron chi connectivity index (χ0n) is 15.1. The number of unbranched alkanes of at least 4 members (excludes halogenated alkanes) is 1. The van der Waals surface area contributed by atoms with Crippen LogP contribution < -0.4 is 22.5 Å². The van der Waals surface area contributed by atoms with Gasteiger partial charge in [-0.15, -0.1) is 0 Å². The standard InChI is InChI=1S/C10H15NO6.C5H14N4/c1-4(2)3-5(9(13)14)11-8(12)6-7(17-6)10(15)16;6-3-1-2-4-9-5(7)8/h4-7H,3H2,1-2H3,(H,11,12)(H,13,14)(H,15,16);1-4,6H2,(H4,7,8,9)/t5-,6?,7?;/m0./s1. The van der Waals surface area contributed by atoms with Gasteiger partial charge in [-0.3, -0.25) is 9.79 Å². The maximum atomic E-state index is 11.5. The second kappa shape index (κ2) is 12.0. The van der Waals surface area contributed by atoms with Crippen molar-refractivity contribution in [1.29, 1.82) is 0 Å². The van der Waals surface area contributed by atoms with Crippen LogP contribution in [0.25, 0.3) is 0 Å². The molecule has 0 spiro atoms. The smallest absolute Gasteiger partial charge is 0.336 e. The van der Waals surface area contributed by atoms with Crippen LogP contribution in [-0.4, -0.2) is 65.4 Å². The van der Waals surface area contributed by atoms with Gasteiger partial charge in [-0.25, -0.2) is 9.59 Å². The van der Waals surface area contributed by atoms with Crippen molar-refractivity contribution in [3.63, 3.8) is 0 Å². The van der Waals surface area contributed by atoms with Crippen molar-refractivity contribution in [2.75, 3.05) is 13.1 Å². The summed E-state index contributed by atoms with van der Waals surface area (Å²) in [5.41, 5.74) is 15.4. The number of carbonyl (C=O) groups excluding carboxylic acids is 1. The molecule has 0 bridgehead atoms. The van der Waals surface area contributed by atoms with Crippen molar-refractivity contribution in [2.45, 2.75) is 51.4 Å². The Morgan fingerprint density at radius 2 is 1.77 bits per heavy atom. The number of nitrogens with two attached hydrogens (primary N) is 3. The molecule has 1 aliphatic heterocycles. The van der Waals surface area contributed by atoms with Crippen molar-refractivity contribution in [3.05, 3.63) is 0 Å². The van der Waals surface area contributed by atoms with Crippen molar-refractivity contribution >= 4 is 23.8 Å². The topological polar surface area (TPSA) is 207 Å². The number of carboxylic acids is 2. The van der Waals surface area contributed by atoms with Crippen molar-refractivity contribution in [1.82, 2.24) is 5.32 Å². The van der Waals surface area contributed by atoms with Gasteiger partial charge in [0.1, 0.15) is 6.04 Å². The summed E-state index contributed by atoms with van der Waals surface area (Å²) in [7, 11) is 0. The highest BCUT2D eigenvalue weighted by molar-refractivity contribution is 5.94. The van der Waals surface area contributed by atoms with Gasteiger partial charge in [-0.05, 0) is 31.7 Å². The number of hydrogen-bond acceptors (Lipinski definition) is 6. The highest BCUT2D eigenvalue weighted by Gasteiger charge is 2.51. The Morgan fingerprint density at radius 3 is 2.15 bits per heavy atom. The van der Waals surface area contributed by atoms with E-state index in [1.165, 1.54) is 0 Å². The van der Waals surface area contributed by atoms with Crippen LogP contribution in [0.3, 0.4) is 0 Å². The van der Waals surface area contributed by atoms with E-state index in [2.05, 4.69) is 15.0 Å². The Kier molecular flexibility index (Phi) is 10.9. The minimum Gasteiger partial charge on any atom is -0.480 e. The van der Waals surface area contributed by atoms with E-state index in [9.17, 15) is 14.4 Å². The quantitative estimate of drug-likeness (QED) is 0.113. The average molecular weight is 375 g/mol. The van der Waals surface area contributed by atoms with Gasteiger partial charge in [-0.2, -0.15) is 0 Å². The summed E-state index contributed by atoms with van der Waals surface area (Å²) < 4.78 is 4.62. The molecule has 1 amide bonds. The minimum absolute atomic E-state index is 0.104. The van der Waals surface area contributed by atoms with Gasteiger partial charge < -0.3 is 37.5 Å². The molecule has 1 rings (SSSR count). The normalized spacial score (nSPS) is 18.9. The number of carbonyl (C=O) groups is 3. The highest BCUT2D eigenvalue weighted by Crippen LogP contribution is 2.22. The lowest BCUT2D eigenvalue weighted by Gasteiger charge is -2.15. The maximum absolute atomic E-state index is 11.5. The zero-order valence-corrected chi connectivity index (χ0v) is 15.1. The number of aliphatic imine (C=N–C) groups is 1. The summed E-state index contributed by atoms with van der Waals surface area (Å²) in [4.78, 5) is 36.5. The van der Waals surface area contributed by atoms with E-state index in [1.54, 1.807) is 0 Å². The molecule has 0 radical (unpaired) electrons. The molecule has 0 aromatic carbocycles. The van der Waals surface area contributed by atoms with Crippen LogP contribution in [0.2, 0.25) is 0 Å². The minimum atomic E-state index is -1.22. The molecule has 2 unspecified atom stereocenters. The molecule has 1 fully saturated rings. The van der Waals surface area contributed by atoms with Gasteiger partial charge >= 0.3 is 11.9 Å².